The Hall–Kier alpha value is -2.43. The van der Waals surface area contributed by atoms with Gasteiger partial charge in [-0.25, -0.2) is 4.98 Å². The van der Waals surface area contributed by atoms with Crippen molar-refractivity contribution in [1.29, 1.82) is 0 Å². The summed E-state index contributed by atoms with van der Waals surface area (Å²) in [6, 6.07) is 11.2. The molecule has 0 radical (unpaired) electrons. The fraction of sp³-hybridized carbons (Fsp3) is 0.0833. The molecule has 0 amide bonds. The Morgan fingerprint density at radius 2 is 1.94 bits per heavy atom. The molecule has 2 rings (SSSR count). The molecule has 1 aromatic carbocycles. The minimum atomic E-state index is -0.486. The van der Waals surface area contributed by atoms with E-state index in [1.54, 1.807) is 6.07 Å². The summed E-state index contributed by atoms with van der Waals surface area (Å²) in [6.07, 6.45) is 1.96. The molecule has 0 unspecified atom stereocenters. The van der Waals surface area contributed by atoms with Gasteiger partial charge in [0.25, 0.3) is 0 Å². The predicted octanol–water partition coefficient (Wildman–Crippen LogP) is 2.16. The van der Waals surface area contributed by atoms with E-state index in [4.69, 9.17) is 5.73 Å². The second kappa shape index (κ2) is 4.61. The van der Waals surface area contributed by atoms with Gasteiger partial charge in [0, 0.05) is 18.2 Å². The van der Waals surface area contributed by atoms with Crippen LogP contribution >= 0.6 is 0 Å². The van der Waals surface area contributed by atoms with Crippen LogP contribution in [0.2, 0.25) is 0 Å². The number of anilines is 1. The quantitative estimate of drug-likeness (QED) is 0.645. The molecule has 5 heteroatoms. The number of pyridine rings is 1. The van der Waals surface area contributed by atoms with Crippen molar-refractivity contribution in [3.8, 4) is 0 Å². The van der Waals surface area contributed by atoms with Crippen LogP contribution in [0.1, 0.15) is 11.1 Å². The van der Waals surface area contributed by atoms with E-state index in [2.05, 4.69) is 4.98 Å². The van der Waals surface area contributed by atoms with Crippen molar-refractivity contribution in [2.75, 3.05) is 5.73 Å². The molecule has 2 N–H and O–H groups in total. The summed E-state index contributed by atoms with van der Waals surface area (Å²) in [4.78, 5) is 14.2. The van der Waals surface area contributed by atoms with Gasteiger partial charge in [0.15, 0.2) is 0 Å². The number of nitrogens with two attached hydrogens (primary N) is 1. The highest BCUT2D eigenvalue weighted by Gasteiger charge is 2.18. The number of nitrogens with zero attached hydrogens (tertiary/aromatic N) is 2. The minimum absolute atomic E-state index is 0.0385. The van der Waals surface area contributed by atoms with E-state index < -0.39 is 4.92 Å². The SMILES string of the molecule is Nc1nccc(Cc2ccccc2)c1[N+](=O)[O-]. The summed E-state index contributed by atoms with van der Waals surface area (Å²) in [5.74, 6) is -0.0385. The minimum Gasteiger partial charge on any atom is -0.378 e. The third kappa shape index (κ3) is 2.39. The van der Waals surface area contributed by atoms with Crippen molar-refractivity contribution in [3.05, 3.63) is 63.8 Å². The molecule has 0 saturated carbocycles. The van der Waals surface area contributed by atoms with E-state index in [9.17, 15) is 10.1 Å². The molecular weight excluding hydrogens is 218 g/mol. The zero-order chi connectivity index (χ0) is 12.3. The van der Waals surface area contributed by atoms with Crippen LogP contribution in [0.5, 0.6) is 0 Å². The lowest BCUT2D eigenvalue weighted by Crippen LogP contribution is -2.03. The highest BCUT2D eigenvalue weighted by molar-refractivity contribution is 5.58. The largest absolute Gasteiger partial charge is 0.378 e. The first-order valence-electron chi connectivity index (χ1n) is 5.10. The highest BCUT2D eigenvalue weighted by Crippen LogP contribution is 2.25. The molecule has 0 aliphatic heterocycles. The Labute approximate surface area is 98.1 Å². The fourth-order valence-corrected chi connectivity index (χ4v) is 1.68. The maximum Gasteiger partial charge on any atom is 0.314 e. The topological polar surface area (TPSA) is 82.0 Å². The molecule has 86 valence electrons. The van der Waals surface area contributed by atoms with Crippen LogP contribution in [0.15, 0.2) is 42.6 Å². The summed E-state index contributed by atoms with van der Waals surface area (Å²) >= 11 is 0. The Morgan fingerprint density at radius 1 is 1.24 bits per heavy atom. The Balaban J connectivity index is 2.40. The first-order chi connectivity index (χ1) is 8.18. The number of hydrogen-bond acceptors (Lipinski definition) is 4. The van der Waals surface area contributed by atoms with E-state index >= 15 is 0 Å². The van der Waals surface area contributed by atoms with E-state index in [1.165, 1.54) is 6.20 Å². The molecule has 0 saturated heterocycles. The number of aromatic nitrogens is 1. The van der Waals surface area contributed by atoms with Crippen LogP contribution in [-0.4, -0.2) is 9.91 Å². The van der Waals surface area contributed by atoms with Crippen LogP contribution in [-0.2, 0) is 6.42 Å². The summed E-state index contributed by atoms with van der Waals surface area (Å²) < 4.78 is 0. The van der Waals surface area contributed by atoms with E-state index in [1.807, 2.05) is 30.3 Å². The Morgan fingerprint density at radius 3 is 2.59 bits per heavy atom. The molecular formula is C12H11N3O2. The highest BCUT2D eigenvalue weighted by atomic mass is 16.6. The summed E-state index contributed by atoms with van der Waals surface area (Å²) in [7, 11) is 0. The summed E-state index contributed by atoms with van der Waals surface area (Å²) in [5, 5.41) is 10.9. The lowest BCUT2D eigenvalue weighted by atomic mass is 10.0. The van der Waals surface area contributed by atoms with Gasteiger partial charge in [0.1, 0.15) is 0 Å². The van der Waals surface area contributed by atoms with Crippen LogP contribution in [0.4, 0.5) is 11.5 Å². The zero-order valence-electron chi connectivity index (χ0n) is 9.04. The first-order valence-corrected chi connectivity index (χ1v) is 5.10. The van der Waals surface area contributed by atoms with Gasteiger partial charge in [-0.15, -0.1) is 0 Å². The number of benzene rings is 1. The summed E-state index contributed by atoms with van der Waals surface area (Å²) in [6.45, 7) is 0. The molecule has 17 heavy (non-hydrogen) atoms. The molecule has 0 aliphatic rings. The lowest BCUT2D eigenvalue weighted by Gasteiger charge is -2.04. The molecule has 0 aliphatic carbocycles. The van der Waals surface area contributed by atoms with Crippen molar-refractivity contribution >= 4 is 11.5 Å². The van der Waals surface area contributed by atoms with Crippen molar-refractivity contribution < 1.29 is 4.92 Å². The van der Waals surface area contributed by atoms with Crippen LogP contribution in [0.3, 0.4) is 0 Å². The molecule has 0 fully saturated rings. The predicted molar refractivity (Wildman–Crippen MR) is 64.6 cm³/mol. The van der Waals surface area contributed by atoms with Crippen molar-refractivity contribution in [2.24, 2.45) is 0 Å². The van der Waals surface area contributed by atoms with Crippen molar-refractivity contribution in [3.63, 3.8) is 0 Å². The molecule has 1 heterocycles. The van der Waals surface area contributed by atoms with E-state index in [0.717, 1.165) is 5.56 Å². The van der Waals surface area contributed by atoms with Crippen LogP contribution in [0.25, 0.3) is 0 Å². The second-order valence-corrected chi connectivity index (χ2v) is 3.62. The molecule has 5 nitrogen and oxygen atoms in total. The van der Waals surface area contributed by atoms with Crippen molar-refractivity contribution in [1.82, 2.24) is 4.98 Å². The van der Waals surface area contributed by atoms with Crippen LogP contribution in [0, 0.1) is 10.1 Å². The van der Waals surface area contributed by atoms with Gasteiger partial charge >= 0.3 is 5.69 Å². The van der Waals surface area contributed by atoms with Crippen LogP contribution < -0.4 is 5.73 Å². The van der Waals surface area contributed by atoms with Gasteiger partial charge in [0.05, 0.1) is 4.92 Å². The molecule has 2 aromatic rings. The number of rotatable bonds is 3. The third-order valence-corrected chi connectivity index (χ3v) is 2.46. The van der Waals surface area contributed by atoms with Gasteiger partial charge in [-0.2, -0.15) is 0 Å². The maximum absolute atomic E-state index is 10.9. The van der Waals surface area contributed by atoms with E-state index in [0.29, 0.717) is 12.0 Å². The van der Waals surface area contributed by atoms with Gasteiger partial charge in [0.2, 0.25) is 5.82 Å². The smallest absolute Gasteiger partial charge is 0.314 e. The maximum atomic E-state index is 10.9. The molecule has 0 atom stereocenters. The van der Waals surface area contributed by atoms with Gasteiger partial charge < -0.3 is 5.73 Å². The van der Waals surface area contributed by atoms with Crippen molar-refractivity contribution in [2.45, 2.75) is 6.42 Å². The standard InChI is InChI=1S/C12H11N3O2/c13-12-11(15(16)17)10(6-7-14-12)8-9-4-2-1-3-5-9/h1-7H,8H2,(H2,13,14). The third-order valence-electron chi connectivity index (χ3n) is 2.46. The van der Waals surface area contributed by atoms with E-state index in [-0.39, 0.29) is 11.5 Å². The zero-order valence-corrected chi connectivity index (χ0v) is 9.04. The summed E-state index contributed by atoms with van der Waals surface area (Å²) in [5.41, 5.74) is 7.00. The van der Waals surface area contributed by atoms with Gasteiger partial charge in [-0.3, -0.25) is 10.1 Å². The average Bonchev–Trinajstić information content (AvgIpc) is 2.30. The monoisotopic (exact) mass is 229 g/mol. The average molecular weight is 229 g/mol. The van der Waals surface area contributed by atoms with Gasteiger partial charge in [-0.05, 0) is 11.6 Å². The Bertz CT molecular complexity index is 541. The number of hydrogen-bond donors (Lipinski definition) is 1. The molecule has 0 bridgehead atoms. The number of nitrogen functional groups attached to an aromatic ring is 1. The second-order valence-electron chi connectivity index (χ2n) is 3.62. The molecule has 0 spiro atoms. The first kappa shape index (κ1) is 11.1. The Kier molecular flexibility index (Phi) is 3.00. The molecule has 1 aromatic heterocycles. The fourth-order valence-electron chi connectivity index (χ4n) is 1.68. The van der Waals surface area contributed by atoms with Gasteiger partial charge in [-0.1, -0.05) is 30.3 Å². The lowest BCUT2D eigenvalue weighted by molar-refractivity contribution is -0.384. The normalized spacial score (nSPS) is 10.1. The number of nitro groups is 1.